The van der Waals surface area contributed by atoms with Gasteiger partial charge in [-0.25, -0.2) is 12.8 Å². The maximum absolute atomic E-state index is 13.6. The van der Waals surface area contributed by atoms with Gasteiger partial charge in [-0.3, -0.25) is 4.79 Å². The number of hydrogen-bond acceptors (Lipinski definition) is 5. The molecular formula is C28H32FN3O4S. The summed E-state index contributed by atoms with van der Waals surface area (Å²) in [4.78, 5) is 17.5. The van der Waals surface area contributed by atoms with E-state index in [4.69, 9.17) is 4.74 Å². The number of halogens is 1. The van der Waals surface area contributed by atoms with Gasteiger partial charge in [-0.1, -0.05) is 30.3 Å². The fourth-order valence-corrected chi connectivity index (χ4v) is 5.72. The lowest BCUT2D eigenvalue weighted by Gasteiger charge is -2.37. The Kier molecular flexibility index (Phi) is 8.45. The van der Waals surface area contributed by atoms with Gasteiger partial charge in [0.25, 0.3) is 0 Å². The van der Waals surface area contributed by atoms with Crippen LogP contribution in [0.5, 0.6) is 5.75 Å². The summed E-state index contributed by atoms with van der Waals surface area (Å²) in [7, 11) is -3.97. The Hall–Kier alpha value is -3.43. The highest BCUT2D eigenvalue weighted by Gasteiger charge is 2.31. The molecule has 196 valence electrons. The molecule has 0 bridgehead atoms. The first-order chi connectivity index (χ1) is 17.8. The normalized spacial score (nSPS) is 14.9. The molecule has 9 heteroatoms. The largest absolute Gasteiger partial charge is 0.494 e. The number of sulfonamides is 1. The van der Waals surface area contributed by atoms with Gasteiger partial charge >= 0.3 is 0 Å². The zero-order valence-corrected chi connectivity index (χ0v) is 21.9. The van der Waals surface area contributed by atoms with Crippen LogP contribution >= 0.6 is 0 Å². The van der Waals surface area contributed by atoms with Crippen molar-refractivity contribution < 1.29 is 22.3 Å². The van der Waals surface area contributed by atoms with Gasteiger partial charge in [0.1, 0.15) is 17.6 Å². The van der Waals surface area contributed by atoms with Gasteiger partial charge in [0, 0.05) is 31.9 Å². The molecule has 1 heterocycles. The lowest BCUT2D eigenvalue weighted by molar-refractivity contribution is -0.133. The fraction of sp³-hybridized carbons (Fsp3) is 0.321. The lowest BCUT2D eigenvalue weighted by Crippen LogP contribution is -2.55. The van der Waals surface area contributed by atoms with E-state index in [2.05, 4.69) is 9.62 Å². The van der Waals surface area contributed by atoms with Crippen molar-refractivity contribution in [2.75, 3.05) is 37.7 Å². The molecule has 4 rings (SSSR count). The number of aryl methyl sites for hydroxylation is 1. The quantitative estimate of drug-likeness (QED) is 0.460. The van der Waals surface area contributed by atoms with Crippen molar-refractivity contribution in [3.8, 4) is 5.75 Å². The second-order valence-corrected chi connectivity index (χ2v) is 10.7. The Bertz CT molecular complexity index is 1310. The molecule has 37 heavy (non-hydrogen) atoms. The van der Waals surface area contributed by atoms with Gasteiger partial charge in [0.05, 0.1) is 11.5 Å². The van der Waals surface area contributed by atoms with Crippen molar-refractivity contribution in [1.29, 1.82) is 0 Å². The van der Waals surface area contributed by atoms with Crippen LogP contribution in [0.4, 0.5) is 10.1 Å². The molecule has 0 spiro atoms. The number of ether oxygens (including phenoxy) is 1. The predicted octanol–water partition coefficient (Wildman–Crippen LogP) is 3.77. The minimum Gasteiger partial charge on any atom is -0.494 e. The van der Waals surface area contributed by atoms with Gasteiger partial charge in [-0.15, -0.1) is 0 Å². The van der Waals surface area contributed by atoms with E-state index in [0.29, 0.717) is 44.1 Å². The van der Waals surface area contributed by atoms with Crippen molar-refractivity contribution >= 4 is 21.6 Å². The number of carbonyl (C=O) groups excluding carboxylic acids is 1. The Labute approximate surface area is 217 Å². The number of anilines is 1. The molecule has 0 aromatic heterocycles. The zero-order chi connectivity index (χ0) is 26.4. The van der Waals surface area contributed by atoms with Gasteiger partial charge in [-0.05, 0) is 73.9 Å². The number of piperazine rings is 1. The summed E-state index contributed by atoms with van der Waals surface area (Å²) in [6.07, 6.45) is 0.229. The van der Waals surface area contributed by atoms with Crippen LogP contribution in [0.15, 0.2) is 77.7 Å². The maximum Gasteiger partial charge on any atom is 0.241 e. The molecule has 1 saturated heterocycles. The second kappa shape index (κ2) is 11.7. The Morgan fingerprint density at radius 2 is 1.68 bits per heavy atom. The van der Waals surface area contributed by atoms with Crippen LogP contribution in [0.3, 0.4) is 0 Å². The van der Waals surface area contributed by atoms with Crippen molar-refractivity contribution in [2.24, 2.45) is 0 Å². The minimum absolute atomic E-state index is 0.0837. The van der Waals surface area contributed by atoms with Gasteiger partial charge in [0.2, 0.25) is 15.9 Å². The van der Waals surface area contributed by atoms with E-state index < -0.39 is 16.1 Å². The first kappa shape index (κ1) is 26.6. The van der Waals surface area contributed by atoms with E-state index in [1.54, 1.807) is 36.1 Å². The number of amides is 1. The van der Waals surface area contributed by atoms with Crippen molar-refractivity contribution in [1.82, 2.24) is 9.62 Å². The average Bonchev–Trinajstić information content (AvgIpc) is 2.90. The molecular weight excluding hydrogens is 493 g/mol. The van der Waals surface area contributed by atoms with E-state index in [0.717, 1.165) is 11.3 Å². The summed E-state index contributed by atoms with van der Waals surface area (Å²) < 4.78 is 48.2. The van der Waals surface area contributed by atoms with Crippen LogP contribution in [0, 0.1) is 12.7 Å². The van der Waals surface area contributed by atoms with Crippen LogP contribution < -0.4 is 14.4 Å². The van der Waals surface area contributed by atoms with E-state index in [1.807, 2.05) is 37.3 Å². The van der Waals surface area contributed by atoms with Crippen LogP contribution in [-0.4, -0.2) is 58.1 Å². The van der Waals surface area contributed by atoms with E-state index in [1.165, 1.54) is 18.2 Å². The molecule has 1 N–H and O–H groups in total. The third-order valence-electron chi connectivity index (χ3n) is 6.42. The Balaban J connectivity index is 1.51. The molecule has 1 aliphatic rings. The lowest BCUT2D eigenvalue weighted by atomic mass is 10.1. The number of nitrogens with zero attached hydrogens (tertiary/aromatic N) is 2. The molecule has 3 aromatic carbocycles. The fourth-order valence-electron chi connectivity index (χ4n) is 4.45. The number of nitrogens with one attached hydrogen (secondary N) is 1. The van der Waals surface area contributed by atoms with Crippen molar-refractivity contribution in [3.05, 3.63) is 89.7 Å². The van der Waals surface area contributed by atoms with Crippen LogP contribution in [0.25, 0.3) is 0 Å². The number of benzene rings is 3. The molecule has 7 nitrogen and oxygen atoms in total. The topological polar surface area (TPSA) is 78.9 Å². The maximum atomic E-state index is 13.6. The molecule has 0 unspecified atom stereocenters. The smallest absolute Gasteiger partial charge is 0.241 e. The molecule has 1 amide bonds. The third-order valence-corrected chi connectivity index (χ3v) is 7.89. The van der Waals surface area contributed by atoms with Crippen molar-refractivity contribution in [3.63, 3.8) is 0 Å². The van der Waals surface area contributed by atoms with Gasteiger partial charge in [0.15, 0.2) is 0 Å². The average molecular weight is 526 g/mol. The zero-order valence-electron chi connectivity index (χ0n) is 21.1. The monoisotopic (exact) mass is 525 g/mol. The summed E-state index contributed by atoms with van der Waals surface area (Å²) in [5, 5.41) is 0. The van der Waals surface area contributed by atoms with Crippen LogP contribution in [0.2, 0.25) is 0 Å². The summed E-state index contributed by atoms with van der Waals surface area (Å²) in [5.41, 5.74) is 2.45. The summed E-state index contributed by atoms with van der Waals surface area (Å²) in [5.74, 6) is 0.0579. The molecule has 1 aliphatic heterocycles. The Morgan fingerprint density at radius 1 is 1.00 bits per heavy atom. The second-order valence-electron chi connectivity index (χ2n) is 9.01. The van der Waals surface area contributed by atoms with Crippen LogP contribution in [-0.2, 0) is 21.2 Å². The summed E-state index contributed by atoms with van der Waals surface area (Å²) in [6.45, 7) is 6.15. The highest BCUT2D eigenvalue weighted by molar-refractivity contribution is 7.89. The predicted molar refractivity (Wildman–Crippen MR) is 142 cm³/mol. The van der Waals surface area contributed by atoms with E-state index in [-0.39, 0.29) is 23.0 Å². The third kappa shape index (κ3) is 6.67. The number of carbonyl (C=O) groups is 1. The summed E-state index contributed by atoms with van der Waals surface area (Å²) >= 11 is 0. The highest BCUT2D eigenvalue weighted by atomic mass is 32.2. The van der Waals surface area contributed by atoms with E-state index >= 15 is 0 Å². The molecule has 0 aliphatic carbocycles. The van der Waals surface area contributed by atoms with Crippen LogP contribution in [0.1, 0.15) is 18.1 Å². The molecule has 0 saturated carbocycles. The van der Waals surface area contributed by atoms with E-state index in [9.17, 15) is 17.6 Å². The molecule has 1 atom stereocenters. The standard InChI is InChI=1S/C28H32FN3O4S/c1-3-36-27-14-13-25(19-21(27)2)37(34,35)30-26(20-22-7-5-4-6-8-22)28(33)32-17-15-31(16-18-32)24-11-9-23(29)10-12-24/h4-14,19,26,30H,3,15-18,20H2,1-2H3/t26-/m1/s1. The molecule has 1 fully saturated rings. The molecule has 0 radical (unpaired) electrons. The highest BCUT2D eigenvalue weighted by Crippen LogP contribution is 2.23. The molecule has 3 aromatic rings. The SMILES string of the molecule is CCOc1ccc(S(=O)(=O)N[C@H](Cc2ccccc2)C(=O)N2CCN(c3ccc(F)cc3)CC2)cc1C. The number of rotatable bonds is 9. The van der Waals surface area contributed by atoms with Crippen molar-refractivity contribution in [2.45, 2.75) is 31.2 Å². The minimum atomic E-state index is -3.97. The Morgan fingerprint density at radius 3 is 2.30 bits per heavy atom. The van der Waals surface area contributed by atoms with Gasteiger partial charge < -0.3 is 14.5 Å². The first-order valence-electron chi connectivity index (χ1n) is 12.4. The summed E-state index contributed by atoms with van der Waals surface area (Å²) in [6, 6.07) is 19.4. The first-order valence-corrected chi connectivity index (χ1v) is 13.8. The van der Waals surface area contributed by atoms with Gasteiger partial charge in [-0.2, -0.15) is 4.72 Å². The number of hydrogen-bond donors (Lipinski definition) is 1.